The number of nitrogens with zero attached hydrogens (tertiary/aromatic N) is 1. The van der Waals surface area contributed by atoms with Crippen molar-refractivity contribution in [1.82, 2.24) is 4.90 Å². The molecule has 0 radical (unpaired) electrons. The summed E-state index contributed by atoms with van der Waals surface area (Å²) in [6.45, 7) is 6.07. The molecule has 1 aromatic heterocycles. The zero-order chi connectivity index (χ0) is 20.5. The normalized spacial score (nSPS) is 18.5. The Balaban J connectivity index is 1.73. The topological polar surface area (TPSA) is 93.9 Å². The molecule has 1 aliphatic rings. The monoisotopic (exact) mass is 407 g/mol. The number of hydrogen-bond acceptors (Lipinski definition) is 6. The van der Waals surface area contributed by atoms with Crippen LogP contribution < -0.4 is 10.4 Å². The van der Waals surface area contributed by atoms with Gasteiger partial charge in [0.25, 0.3) is 5.91 Å². The molecule has 28 heavy (non-hydrogen) atoms. The number of hydrogen-bond donors (Lipinski definition) is 0. The van der Waals surface area contributed by atoms with Gasteiger partial charge in [0.1, 0.15) is 11.3 Å². The highest BCUT2D eigenvalue weighted by Gasteiger charge is 2.34. The zero-order valence-electron chi connectivity index (χ0n) is 16.3. The van der Waals surface area contributed by atoms with E-state index in [1.54, 1.807) is 23.1 Å². The van der Waals surface area contributed by atoms with Crippen molar-refractivity contribution >= 4 is 26.7 Å². The van der Waals surface area contributed by atoms with E-state index in [2.05, 4.69) is 0 Å². The number of aryl methyl sites for hydroxylation is 1. The highest BCUT2D eigenvalue weighted by atomic mass is 32.2. The van der Waals surface area contributed by atoms with Crippen LogP contribution in [0.1, 0.15) is 25.8 Å². The molecule has 0 spiro atoms. The number of benzene rings is 1. The maximum atomic E-state index is 12.8. The van der Waals surface area contributed by atoms with Gasteiger partial charge in [0.2, 0.25) is 0 Å². The van der Waals surface area contributed by atoms with Crippen LogP contribution in [0.25, 0.3) is 11.0 Å². The van der Waals surface area contributed by atoms with E-state index >= 15 is 0 Å². The number of carbonyl (C=O) groups excluding carboxylic acids is 1. The van der Waals surface area contributed by atoms with E-state index in [4.69, 9.17) is 9.15 Å². The molecule has 0 bridgehead atoms. The van der Waals surface area contributed by atoms with E-state index in [1.165, 1.54) is 6.07 Å². The van der Waals surface area contributed by atoms with Crippen molar-refractivity contribution < 1.29 is 22.4 Å². The molecule has 7 nitrogen and oxygen atoms in total. The molecule has 1 atom stereocenters. The molecule has 152 valence electrons. The molecular weight excluding hydrogens is 382 g/mol. The second-order valence-corrected chi connectivity index (χ2v) is 9.92. The van der Waals surface area contributed by atoms with Gasteiger partial charge in [0.15, 0.2) is 16.4 Å². The fourth-order valence-electron chi connectivity index (χ4n) is 3.49. The molecule has 0 aliphatic carbocycles. The number of rotatable bonds is 6. The van der Waals surface area contributed by atoms with Crippen LogP contribution in [0, 0.1) is 12.8 Å². The van der Waals surface area contributed by atoms with Crippen molar-refractivity contribution in [2.75, 3.05) is 24.7 Å². The summed E-state index contributed by atoms with van der Waals surface area (Å²) in [5, 5.41) is 0.802. The van der Waals surface area contributed by atoms with Crippen molar-refractivity contribution in [2.24, 2.45) is 5.92 Å². The Morgan fingerprint density at radius 2 is 2.07 bits per heavy atom. The second-order valence-electron chi connectivity index (χ2n) is 7.69. The number of carbonyl (C=O) groups is 1. The van der Waals surface area contributed by atoms with Crippen LogP contribution in [0.15, 0.2) is 33.5 Å². The Bertz CT molecular complexity index is 1040. The number of amides is 1. The van der Waals surface area contributed by atoms with Crippen molar-refractivity contribution in [3.63, 3.8) is 0 Å². The summed E-state index contributed by atoms with van der Waals surface area (Å²) in [7, 11) is -3.09. The Morgan fingerprint density at radius 3 is 2.71 bits per heavy atom. The van der Waals surface area contributed by atoms with Crippen LogP contribution in [0.5, 0.6) is 5.75 Å². The van der Waals surface area contributed by atoms with Gasteiger partial charge in [-0.25, -0.2) is 13.2 Å². The third kappa shape index (κ3) is 4.73. The minimum Gasteiger partial charge on any atom is -0.484 e. The molecule has 1 aliphatic heterocycles. The molecule has 2 aromatic rings. The molecule has 1 unspecified atom stereocenters. The minimum absolute atomic E-state index is 0.00582. The third-order valence-electron chi connectivity index (χ3n) is 4.82. The third-order valence-corrected chi connectivity index (χ3v) is 6.57. The summed E-state index contributed by atoms with van der Waals surface area (Å²) in [4.78, 5) is 25.9. The lowest BCUT2D eigenvalue weighted by Gasteiger charge is -2.29. The average molecular weight is 407 g/mol. The van der Waals surface area contributed by atoms with E-state index in [-0.39, 0.29) is 36.0 Å². The average Bonchev–Trinajstić information content (AvgIpc) is 2.96. The van der Waals surface area contributed by atoms with Gasteiger partial charge in [0.05, 0.1) is 11.5 Å². The van der Waals surface area contributed by atoms with Crippen LogP contribution in [0.4, 0.5) is 0 Å². The van der Waals surface area contributed by atoms with Gasteiger partial charge in [-0.05, 0) is 37.0 Å². The van der Waals surface area contributed by atoms with Gasteiger partial charge in [-0.1, -0.05) is 13.8 Å². The Labute approximate surface area is 164 Å². The van der Waals surface area contributed by atoms with Crippen LogP contribution in [0.3, 0.4) is 0 Å². The van der Waals surface area contributed by atoms with Crippen molar-refractivity contribution in [3.8, 4) is 5.75 Å². The van der Waals surface area contributed by atoms with Crippen molar-refractivity contribution in [3.05, 3.63) is 40.2 Å². The van der Waals surface area contributed by atoms with Crippen LogP contribution in [-0.4, -0.2) is 49.9 Å². The molecule has 2 heterocycles. The molecular formula is C20H25NO6S. The largest absolute Gasteiger partial charge is 0.484 e. The van der Waals surface area contributed by atoms with E-state index in [9.17, 15) is 18.0 Å². The molecule has 0 saturated carbocycles. The first kappa shape index (κ1) is 20.4. The van der Waals surface area contributed by atoms with Crippen LogP contribution in [0.2, 0.25) is 0 Å². The SMILES string of the molecule is Cc1cc(=O)oc2cc(OCC(=O)N(CC(C)C)C3CCS(=O)(=O)C3)ccc12. The summed E-state index contributed by atoms with van der Waals surface area (Å²) in [6.07, 6.45) is 0.460. The maximum absolute atomic E-state index is 12.8. The molecule has 1 fully saturated rings. The minimum atomic E-state index is -3.09. The Morgan fingerprint density at radius 1 is 1.32 bits per heavy atom. The summed E-state index contributed by atoms with van der Waals surface area (Å²) in [6, 6.07) is 6.20. The Hall–Kier alpha value is -2.35. The lowest BCUT2D eigenvalue weighted by Crippen LogP contribution is -2.45. The van der Waals surface area contributed by atoms with Crippen LogP contribution >= 0.6 is 0 Å². The van der Waals surface area contributed by atoms with Gasteiger partial charge in [-0.3, -0.25) is 4.79 Å². The molecule has 3 rings (SSSR count). The predicted octanol–water partition coefficient (Wildman–Crippen LogP) is 2.15. The first-order valence-electron chi connectivity index (χ1n) is 9.32. The quantitative estimate of drug-likeness (QED) is 0.681. The molecule has 1 aromatic carbocycles. The smallest absolute Gasteiger partial charge is 0.336 e. The summed E-state index contributed by atoms with van der Waals surface area (Å²) in [5.74, 6) is 0.500. The molecule has 0 N–H and O–H groups in total. The first-order chi connectivity index (χ1) is 13.1. The number of ether oxygens (including phenoxy) is 1. The summed E-state index contributed by atoms with van der Waals surface area (Å²) < 4.78 is 34.4. The lowest BCUT2D eigenvalue weighted by molar-refractivity contribution is -0.135. The number of fused-ring (bicyclic) bond motifs is 1. The summed E-state index contributed by atoms with van der Waals surface area (Å²) >= 11 is 0. The first-order valence-corrected chi connectivity index (χ1v) is 11.1. The maximum Gasteiger partial charge on any atom is 0.336 e. The van der Waals surface area contributed by atoms with Gasteiger partial charge in [-0.15, -0.1) is 0 Å². The fraction of sp³-hybridized carbons (Fsp3) is 0.500. The fourth-order valence-corrected chi connectivity index (χ4v) is 5.22. The standard InChI is InChI=1S/C20H25NO6S/c1-13(2)10-21(15-6-7-28(24,25)12-15)19(22)11-26-16-4-5-17-14(3)8-20(23)27-18(17)9-16/h4-5,8-9,13,15H,6-7,10-12H2,1-3H3. The van der Waals surface area contributed by atoms with E-state index < -0.39 is 15.5 Å². The van der Waals surface area contributed by atoms with Crippen LogP contribution in [-0.2, 0) is 14.6 Å². The van der Waals surface area contributed by atoms with Gasteiger partial charge < -0.3 is 14.1 Å². The molecule has 1 saturated heterocycles. The summed E-state index contributed by atoms with van der Waals surface area (Å²) in [5.41, 5.74) is 0.763. The van der Waals surface area contributed by atoms with Crippen molar-refractivity contribution in [1.29, 1.82) is 0 Å². The second kappa shape index (κ2) is 7.95. The molecule has 8 heteroatoms. The van der Waals surface area contributed by atoms with Gasteiger partial charge in [-0.2, -0.15) is 0 Å². The zero-order valence-corrected chi connectivity index (χ0v) is 17.1. The van der Waals surface area contributed by atoms with E-state index in [1.807, 2.05) is 20.8 Å². The highest BCUT2D eigenvalue weighted by Crippen LogP contribution is 2.23. The predicted molar refractivity (Wildman–Crippen MR) is 106 cm³/mol. The van der Waals surface area contributed by atoms with Crippen molar-refractivity contribution in [2.45, 2.75) is 33.2 Å². The van der Waals surface area contributed by atoms with Gasteiger partial charge >= 0.3 is 5.63 Å². The lowest BCUT2D eigenvalue weighted by atomic mass is 10.1. The van der Waals surface area contributed by atoms with Gasteiger partial charge in [0, 0.05) is 30.1 Å². The molecule has 1 amide bonds. The highest BCUT2D eigenvalue weighted by molar-refractivity contribution is 7.91. The van der Waals surface area contributed by atoms with E-state index in [0.717, 1.165) is 10.9 Å². The number of sulfone groups is 1. The van der Waals surface area contributed by atoms with E-state index in [0.29, 0.717) is 24.3 Å². The Kier molecular flexibility index (Phi) is 5.79.